The topological polar surface area (TPSA) is 24.9 Å². The predicted octanol–water partition coefficient (Wildman–Crippen LogP) is 3.03. The Hall–Kier alpha value is -1.10. The van der Waals surface area contributed by atoms with E-state index in [9.17, 15) is 13.2 Å². The standard InChI is InChI=1S/C13H17F3N2/c1-2-17-12(9-3-4-9)7-11-6-5-10(8-18-11)13(14,15)16/h5-6,8-9,12,17H,2-4,7H2,1H3. The second kappa shape index (κ2) is 5.26. The maximum atomic E-state index is 12.4. The fourth-order valence-corrected chi connectivity index (χ4v) is 2.10. The Kier molecular flexibility index (Phi) is 3.90. The van der Waals surface area contributed by atoms with Crippen molar-refractivity contribution in [1.82, 2.24) is 10.3 Å². The van der Waals surface area contributed by atoms with E-state index in [1.54, 1.807) is 0 Å². The molecular formula is C13H17F3N2. The summed E-state index contributed by atoms with van der Waals surface area (Å²) in [6.07, 6.45) is -0.262. The normalized spacial score (nSPS) is 17.8. The summed E-state index contributed by atoms with van der Waals surface area (Å²) in [5.41, 5.74) is 0.0403. The second-order valence-corrected chi connectivity index (χ2v) is 4.74. The summed E-state index contributed by atoms with van der Waals surface area (Å²) in [6, 6.07) is 2.94. The van der Waals surface area contributed by atoms with Gasteiger partial charge in [0.05, 0.1) is 5.56 Å². The van der Waals surface area contributed by atoms with Crippen molar-refractivity contribution in [2.45, 2.75) is 38.4 Å². The van der Waals surface area contributed by atoms with Crippen molar-refractivity contribution >= 4 is 0 Å². The molecule has 0 radical (unpaired) electrons. The molecule has 1 aromatic heterocycles. The van der Waals surface area contributed by atoms with E-state index in [1.165, 1.54) is 18.9 Å². The van der Waals surface area contributed by atoms with Crippen LogP contribution in [0.25, 0.3) is 0 Å². The van der Waals surface area contributed by atoms with Crippen molar-refractivity contribution in [3.63, 3.8) is 0 Å². The maximum absolute atomic E-state index is 12.4. The molecule has 5 heteroatoms. The highest BCUT2D eigenvalue weighted by molar-refractivity contribution is 5.17. The van der Waals surface area contributed by atoms with Crippen molar-refractivity contribution in [1.29, 1.82) is 0 Å². The first-order chi connectivity index (χ1) is 8.50. The predicted molar refractivity (Wildman–Crippen MR) is 63.1 cm³/mol. The van der Waals surface area contributed by atoms with E-state index < -0.39 is 11.7 Å². The van der Waals surface area contributed by atoms with E-state index in [0.717, 1.165) is 24.5 Å². The molecule has 1 atom stereocenters. The lowest BCUT2D eigenvalue weighted by Crippen LogP contribution is -2.33. The van der Waals surface area contributed by atoms with Crippen LogP contribution in [0, 0.1) is 5.92 Å². The van der Waals surface area contributed by atoms with Crippen molar-refractivity contribution in [3.05, 3.63) is 29.6 Å². The summed E-state index contributed by atoms with van der Waals surface area (Å²) in [5.74, 6) is 0.661. The first-order valence-corrected chi connectivity index (χ1v) is 6.26. The van der Waals surface area contributed by atoms with E-state index in [2.05, 4.69) is 10.3 Å². The lowest BCUT2D eigenvalue weighted by atomic mass is 10.1. The van der Waals surface area contributed by atoms with Crippen molar-refractivity contribution in [2.24, 2.45) is 5.92 Å². The van der Waals surface area contributed by atoms with Gasteiger partial charge in [0.15, 0.2) is 0 Å². The minimum absolute atomic E-state index is 0.347. The number of rotatable bonds is 5. The van der Waals surface area contributed by atoms with E-state index >= 15 is 0 Å². The molecule has 1 saturated carbocycles. The Morgan fingerprint density at radius 2 is 2.11 bits per heavy atom. The average Bonchev–Trinajstić information content (AvgIpc) is 3.12. The smallest absolute Gasteiger partial charge is 0.314 e. The van der Waals surface area contributed by atoms with Gasteiger partial charge in [-0.25, -0.2) is 0 Å². The third-order valence-electron chi connectivity index (χ3n) is 3.24. The van der Waals surface area contributed by atoms with E-state index in [4.69, 9.17) is 0 Å². The van der Waals surface area contributed by atoms with Gasteiger partial charge >= 0.3 is 6.18 Å². The van der Waals surface area contributed by atoms with Crippen molar-refractivity contribution < 1.29 is 13.2 Å². The largest absolute Gasteiger partial charge is 0.417 e. The minimum Gasteiger partial charge on any atom is -0.314 e. The highest BCUT2D eigenvalue weighted by Gasteiger charge is 2.32. The Morgan fingerprint density at radius 3 is 2.56 bits per heavy atom. The molecule has 2 nitrogen and oxygen atoms in total. The van der Waals surface area contributed by atoms with Crippen LogP contribution in [-0.2, 0) is 12.6 Å². The van der Waals surface area contributed by atoms with Crippen LogP contribution in [0.1, 0.15) is 31.0 Å². The number of halogens is 3. The molecule has 1 aliphatic rings. The molecule has 18 heavy (non-hydrogen) atoms. The van der Waals surface area contributed by atoms with Crippen LogP contribution in [0.3, 0.4) is 0 Å². The molecule has 0 aromatic carbocycles. The fraction of sp³-hybridized carbons (Fsp3) is 0.615. The molecule has 0 spiro atoms. The van der Waals surface area contributed by atoms with Gasteiger partial charge in [-0.1, -0.05) is 6.92 Å². The maximum Gasteiger partial charge on any atom is 0.417 e. The van der Waals surface area contributed by atoms with Crippen molar-refractivity contribution in [3.8, 4) is 0 Å². The van der Waals surface area contributed by atoms with Gasteiger partial charge in [0, 0.05) is 24.4 Å². The monoisotopic (exact) mass is 258 g/mol. The van der Waals surface area contributed by atoms with Crippen molar-refractivity contribution in [2.75, 3.05) is 6.54 Å². The van der Waals surface area contributed by atoms with Crippen LogP contribution in [0.5, 0.6) is 0 Å². The highest BCUT2D eigenvalue weighted by atomic mass is 19.4. The zero-order valence-electron chi connectivity index (χ0n) is 10.3. The van der Waals surface area contributed by atoms with Gasteiger partial charge in [-0.3, -0.25) is 4.98 Å². The third-order valence-corrected chi connectivity index (χ3v) is 3.24. The van der Waals surface area contributed by atoms with Crippen LogP contribution in [0.2, 0.25) is 0 Å². The Balaban J connectivity index is 2.00. The molecule has 0 amide bonds. The summed E-state index contributed by atoms with van der Waals surface area (Å²) in [5, 5.41) is 3.38. The summed E-state index contributed by atoms with van der Waals surface area (Å²) in [4.78, 5) is 3.92. The highest BCUT2D eigenvalue weighted by Crippen LogP contribution is 2.34. The van der Waals surface area contributed by atoms with E-state index in [-0.39, 0.29) is 0 Å². The van der Waals surface area contributed by atoms with Gasteiger partial charge in [-0.15, -0.1) is 0 Å². The lowest BCUT2D eigenvalue weighted by molar-refractivity contribution is -0.137. The SMILES string of the molecule is CCNC(Cc1ccc(C(F)(F)F)cn1)C1CC1. The Bertz CT molecular complexity index is 382. The Labute approximate surface area is 105 Å². The molecule has 100 valence electrons. The van der Waals surface area contributed by atoms with Gasteiger partial charge in [-0.2, -0.15) is 13.2 Å². The number of hydrogen-bond donors (Lipinski definition) is 1. The van der Waals surface area contributed by atoms with Crippen LogP contribution in [-0.4, -0.2) is 17.6 Å². The number of hydrogen-bond acceptors (Lipinski definition) is 2. The van der Waals surface area contributed by atoms with Crippen LogP contribution >= 0.6 is 0 Å². The molecular weight excluding hydrogens is 241 g/mol. The number of aromatic nitrogens is 1. The minimum atomic E-state index is -4.30. The zero-order valence-corrected chi connectivity index (χ0v) is 10.3. The molecule has 1 heterocycles. The van der Waals surface area contributed by atoms with Gasteiger partial charge < -0.3 is 5.32 Å². The van der Waals surface area contributed by atoms with E-state index in [0.29, 0.717) is 18.4 Å². The molecule has 1 unspecified atom stereocenters. The molecule has 0 saturated heterocycles. The lowest BCUT2D eigenvalue weighted by Gasteiger charge is -2.17. The molecule has 1 N–H and O–H groups in total. The van der Waals surface area contributed by atoms with Crippen LogP contribution in [0.15, 0.2) is 18.3 Å². The number of alkyl halides is 3. The van der Waals surface area contributed by atoms with Gasteiger partial charge in [-0.05, 0) is 37.4 Å². The number of pyridine rings is 1. The van der Waals surface area contributed by atoms with E-state index in [1.807, 2.05) is 6.92 Å². The summed E-state index contributed by atoms with van der Waals surface area (Å²) >= 11 is 0. The molecule has 1 aromatic rings. The quantitative estimate of drug-likeness (QED) is 0.878. The molecule has 2 rings (SSSR count). The average molecular weight is 258 g/mol. The van der Waals surface area contributed by atoms with Crippen LogP contribution < -0.4 is 5.32 Å². The fourth-order valence-electron chi connectivity index (χ4n) is 2.10. The number of nitrogens with one attached hydrogen (secondary N) is 1. The first-order valence-electron chi connectivity index (χ1n) is 6.26. The number of likely N-dealkylation sites (N-methyl/N-ethyl adjacent to an activating group) is 1. The first kappa shape index (κ1) is 13.3. The van der Waals surface area contributed by atoms with Gasteiger partial charge in [0.1, 0.15) is 0 Å². The van der Waals surface area contributed by atoms with Gasteiger partial charge in [0.2, 0.25) is 0 Å². The molecule has 0 aliphatic heterocycles. The molecule has 1 fully saturated rings. The summed E-state index contributed by atoms with van der Waals surface area (Å²) < 4.78 is 37.2. The molecule has 1 aliphatic carbocycles. The van der Waals surface area contributed by atoms with Gasteiger partial charge in [0.25, 0.3) is 0 Å². The summed E-state index contributed by atoms with van der Waals surface area (Å²) in [7, 11) is 0. The third kappa shape index (κ3) is 3.45. The Morgan fingerprint density at radius 1 is 1.39 bits per heavy atom. The molecule has 0 bridgehead atoms. The summed E-state index contributed by atoms with van der Waals surface area (Å²) in [6.45, 7) is 2.91. The second-order valence-electron chi connectivity index (χ2n) is 4.74. The number of nitrogens with zero attached hydrogens (tertiary/aromatic N) is 1. The zero-order chi connectivity index (χ0) is 13.2. The van der Waals surface area contributed by atoms with Crippen LogP contribution in [0.4, 0.5) is 13.2 Å².